The van der Waals surface area contributed by atoms with Crippen LogP contribution in [0, 0.1) is 5.41 Å². The van der Waals surface area contributed by atoms with Crippen molar-refractivity contribution in [3.63, 3.8) is 0 Å². The topological polar surface area (TPSA) is 73.6 Å². The van der Waals surface area contributed by atoms with Gasteiger partial charge in [-0.25, -0.2) is 0 Å². The average Bonchev–Trinajstić information content (AvgIpc) is 2.46. The second kappa shape index (κ2) is 8.04. The van der Waals surface area contributed by atoms with E-state index in [2.05, 4.69) is 5.32 Å². The van der Waals surface area contributed by atoms with Gasteiger partial charge in [-0.05, 0) is 32.1 Å². The maximum absolute atomic E-state index is 12.3. The Balaban J connectivity index is 0.00000180. The van der Waals surface area contributed by atoms with Gasteiger partial charge in [0, 0.05) is 32.9 Å². The zero-order valence-electron chi connectivity index (χ0n) is 11.4. The van der Waals surface area contributed by atoms with Gasteiger partial charge in [-0.1, -0.05) is 0 Å². The molecule has 0 saturated carbocycles. The molecule has 0 aromatic carbocycles. The minimum absolute atomic E-state index is 0. The molecule has 0 aromatic rings. The number of rotatable bonds is 4. The van der Waals surface area contributed by atoms with E-state index in [-0.39, 0.29) is 24.4 Å². The summed E-state index contributed by atoms with van der Waals surface area (Å²) in [5.41, 5.74) is 5.38. The van der Waals surface area contributed by atoms with E-state index in [1.54, 1.807) is 0 Å². The third-order valence-electron chi connectivity index (χ3n) is 4.09. The molecule has 2 aliphatic heterocycles. The summed E-state index contributed by atoms with van der Waals surface area (Å²) in [6, 6.07) is 0. The Morgan fingerprint density at radius 3 is 2.58 bits per heavy atom. The molecule has 1 unspecified atom stereocenters. The van der Waals surface area contributed by atoms with Crippen molar-refractivity contribution in [3.8, 4) is 0 Å². The lowest BCUT2D eigenvalue weighted by atomic mass is 9.79. The van der Waals surface area contributed by atoms with Gasteiger partial charge in [-0.15, -0.1) is 12.4 Å². The van der Waals surface area contributed by atoms with Gasteiger partial charge < -0.3 is 20.5 Å². The third-order valence-corrected chi connectivity index (χ3v) is 4.09. The predicted octanol–water partition coefficient (Wildman–Crippen LogP) is 0.849. The number of hydrogen-bond acceptors (Lipinski definition) is 4. The molecule has 0 bridgehead atoms. The molecule has 0 spiro atoms. The Labute approximate surface area is 121 Å². The monoisotopic (exact) mass is 292 g/mol. The number of hydrogen-bond donors (Lipinski definition) is 2. The lowest BCUT2D eigenvalue weighted by Crippen LogP contribution is -2.50. The number of amides is 1. The lowest BCUT2D eigenvalue weighted by Gasteiger charge is -2.35. The van der Waals surface area contributed by atoms with Gasteiger partial charge in [-0.3, -0.25) is 4.79 Å². The molecule has 2 saturated heterocycles. The van der Waals surface area contributed by atoms with Crippen molar-refractivity contribution < 1.29 is 14.3 Å². The maximum atomic E-state index is 12.3. The quantitative estimate of drug-likeness (QED) is 0.806. The number of carbonyl (C=O) groups excluding carboxylic acids is 1. The Morgan fingerprint density at radius 2 is 2.00 bits per heavy atom. The fourth-order valence-corrected chi connectivity index (χ4v) is 2.65. The van der Waals surface area contributed by atoms with Crippen LogP contribution in [0.4, 0.5) is 0 Å². The molecule has 2 aliphatic rings. The predicted molar refractivity (Wildman–Crippen MR) is 75.4 cm³/mol. The van der Waals surface area contributed by atoms with Crippen molar-refractivity contribution in [2.45, 2.75) is 38.2 Å². The molecule has 2 heterocycles. The normalized spacial score (nSPS) is 26.3. The molecule has 3 N–H and O–H groups in total. The molecule has 5 nitrogen and oxygen atoms in total. The van der Waals surface area contributed by atoms with Gasteiger partial charge >= 0.3 is 0 Å². The Hall–Kier alpha value is -0.360. The highest BCUT2D eigenvalue weighted by Gasteiger charge is 2.38. The Morgan fingerprint density at radius 1 is 1.26 bits per heavy atom. The number of carbonyl (C=O) groups is 1. The van der Waals surface area contributed by atoms with E-state index in [0.29, 0.717) is 26.3 Å². The van der Waals surface area contributed by atoms with Crippen molar-refractivity contribution in [2.75, 3.05) is 32.9 Å². The second-order valence-electron chi connectivity index (χ2n) is 5.30. The summed E-state index contributed by atoms with van der Waals surface area (Å²) < 4.78 is 10.9. The SMILES string of the molecule is Cl.NCC1(C(=O)NCC2CCCCO2)CCOCC1. The number of halogens is 1. The summed E-state index contributed by atoms with van der Waals surface area (Å²) >= 11 is 0. The second-order valence-corrected chi connectivity index (χ2v) is 5.30. The van der Waals surface area contributed by atoms with Gasteiger partial charge in [0.1, 0.15) is 0 Å². The smallest absolute Gasteiger partial charge is 0.227 e. The van der Waals surface area contributed by atoms with Crippen molar-refractivity contribution in [1.29, 1.82) is 0 Å². The van der Waals surface area contributed by atoms with Crippen LogP contribution >= 0.6 is 12.4 Å². The molecule has 1 atom stereocenters. The molecule has 6 heteroatoms. The highest BCUT2D eigenvalue weighted by Crippen LogP contribution is 2.29. The first kappa shape index (κ1) is 16.7. The fourth-order valence-electron chi connectivity index (χ4n) is 2.65. The van der Waals surface area contributed by atoms with Crippen molar-refractivity contribution in [3.05, 3.63) is 0 Å². The van der Waals surface area contributed by atoms with Crippen LogP contribution in [0.1, 0.15) is 32.1 Å². The van der Waals surface area contributed by atoms with Gasteiger partial charge in [0.15, 0.2) is 0 Å². The van der Waals surface area contributed by atoms with E-state index >= 15 is 0 Å². The first-order valence-electron chi connectivity index (χ1n) is 6.94. The van der Waals surface area contributed by atoms with Crippen LogP contribution in [0.2, 0.25) is 0 Å². The Bertz CT molecular complexity index is 277. The summed E-state index contributed by atoms with van der Waals surface area (Å²) in [6.07, 6.45) is 4.99. The summed E-state index contributed by atoms with van der Waals surface area (Å²) in [6.45, 7) is 3.08. The third kappa shape index (κ3) is 4.31. The summed E-state index contributed by atoms with van der Waals surface area (Å²) in [7, 11) is 0. The molecular weight excluding hydrogens is 268 g/mol. The van der Waals surface area contributed by atoms with Crippen LogP contribution in [-0.2, 0) is 14.3 Å². The summed E-state index contributed by atoms with van der Waals surface area (Å²) in [5, 5.41) is 3.01. The molecule has 112 valence electrons. The fraction of sp³-hybridized carbons (Fsp3) is 0.923. The molecule has 0 radical (unpaired) electrons. The van der Waals surface area contributed by atoms with Crippen LogP contribution in [0.5, 0.6) is 0 Å². The molecule has 19 heavy (non-hydrogen) atoms. The van der Waals surface area contributed by atoms with Gasteiger partial charge in [0.25, 0.3) is 0 Å². The van der Waals surface area contributed by atoms with E-state index in [1.165, 1.54) is 6.42 Å². The van der Waals surface area contributed by atoms with Crippen molar-refractivity contribution in [1.82, 2.24) is 5.32 Å². The number of nitrogens with two attached hydrogens (primary N) is 1. The highest BCUT2D eigenvalue weighted by molar-refractivity contribution is 5.85. The van der Waals surface area contributed by atoms with E-state index in [1.807, 2.05) is 0 Å². The summed E-state index contributed by atoms with van der Waals surface area (Å²) in [5.74, 6) is 0.0717. The van der Waals surface area contributed by atoms with E-state index in [9.17, 15) is 4.79 Å². The molecule has 0 aromatic heterocycles. The van der Waals surface area contributed by atoms with Crippen LogP contribution < -0.4 is 11.1 Å². The molecular formula is C13H25ClN2O3. The lowest BCUT2D eigenvalue weighted by molar-refractivity contribution is -0.136. The first-order chi connectivity index (χ1) is 8.77. The average molecular weight is 293 g/mol. The van der Waals surface area contributed by atoms with E-state index < -0.39 is 5.41 Å². The minimum atomic E-state index is -0.424. The zero-order chi connectivity index (χ0) is 12.8. The summed E-state index contributed by atoms with van der Waals surface area (Å²) in [4.78, 5) is 12.3. The largest absolute Gasteiger partial charge is 0.381 e. The zero-order valence-corrected chi connectivity index (χ0v) is 12.2. The van der Waals surface area contributed by atoms with Crippen molar-refractivity contribution >= 4 is 18.3 Å². The standard InChI is InChI=1S/C13H24N2O3.ClH/c14-10-13(4-7-17-8-5-13)12(16)15-9-11-3-1-2-6-18-11;/h11H,1-10,14H2,(H,15,16);1H. The van der Waals surface area contributed by atoms with Crippen LogP contribution in [0.15, 0.2) is 0 Å². The highest BCUT2D eigenvalue weighted by atomic mass is 35.5. The molecule has 1 amide bonds. The van der Waals surface area contributed by atoms with Crippen LogP contribution in [0.3, 0.4) is 0 Å². The van der Waals surface area contributed by atoms with Crippen molar-refractivity contribution in [2.24, 2.45) is 11.1 Å². The van der Waals surface area contributed by atoms with Crippen LogP contribution in [-0.4, -0.2) is 44.9 Å². The molecule has 2 fully saturated rings. The first-order valence-corrected chi connectivity index (χ1v) is 6.94. The van der Waals surface area contributed by atoms with Crippen LogP contribution in [0.25, 0.3) is 0 Å². The molecule has 0 aliphatic carbocycles. The maximum Gasteiger partial charge on any atom is 0.227 e. The van der Waals surface area contributed by atoms with E-state index in [4.69, 9.17) is 15.2 Å². The number of nitrogens with one attached hydrogen (secondary N) is 1. The molecule has 2 rings (SSSR count). The van der Waals surface area contributed by atoms with Gasteiger partial charge in [0.05, 0.1) is 11.5 Å². The number of ether oxygens (including phenoxy) is 2. The van der Waals surface area contributed by atoms with E-state index in [0.717, 1.165) is 32.3 Å². The Kier molecular flexibility index (Phi) is 7.07. The minimum Gasteiger partial charge on any atom is -0.381 e. The van der Waals surface area contributed by atoms with Gasteiger partial charge in [0.2, 0.25) is 5.91 Å². The van der Waals surface area contributed by atoms with Gasteiger partial charge in [-0.2, -0.15) is 0 Å².